The van der Waals surface area contributed by atoms with E-state index in [-0.39, 0.29) is 18.3 Å². The summed E-state index contributed by atoms with van der Waals surface area (Å²) in [5.74, 6) is -0.443. The average Bonchev–Trinajstić information content (AvgIpc) is 2.45. The highest BCUT2D eigenvalue weighted by Gasteiger charge is 2.09. The van der Waals surface area contributed by atoms with Crippen LogP contribution in [0.15, 0.2) is 36.4 Å². The Morgan fingerprint density at radius 3 is 2.50 bits per heavy atom. The van der Waals surface area contributed by atoms with Gasteiger partial charge in [-0.25, -0.2) is 4.39 Å². The number of nitrogens with one attached hydrogen (secondary N) is 2. The molecule has 2 aromatic rings. The molecule has 0 aromatic heterocycles. The van der Waals surface area contributed by atoms with Crippen LogP contribution in [0, 0.1) is 19.7 Å². The van der Waals surface area contributed by atoms with Gasteiger partial charge < -0.3 is 10.6 Å². The van der Waals surface area contributed by atoms with Crippen molar-refractivity contribution >= 4 is 23.2 Å². The highest BCUT2D eigenvalue weighted by Crippen LogP contribution is 2.27. The summed E-state index contributed by atoms with van der Waals surface area (Å²) in [4.78, 5) is 12.0. The highest BCUT2D eigenvalue weighted by atomic mass is 35.5. The smallest absolute Gasteiger partial charge is 0.238 e. The summed E-state index contributed by atoms with van der Waals surface area (Å²) >= 11 is 6.15. The van der Waals surface area contributed by atoms with Gasteiger partial charge in [-0.05, 0) is 48.7 Å². The molecule has 2 N–H and O–H groups in total. The molecule has 0 aliphatic carbocycles. The van der Waals surface area contributed by atoms with Crippen LogP contribution in [0.1, 0.15) is 16.7 Å². The molecule has 0 fully saturated rings. The Hall–Kier alpha value is -1.91. The van der Waals surface area contributed by atoms with Crippen molar-refractivity contribution in [1.82, 2.24) is 5.32 Å². The summed E-state index contributed by atoms with van der Waals surface area (Å²) in [5.41, 5.74) is 3.53. The minimum Gasteiger partial charge on any atom is -0.323 e. The SMILES string of the molecule is Cc1cc(C)c(NC(=O)CNCc2ccc(F)cc2)c(Cl)c1. The van der Waals surface area contributed by atoms with E-state index in [9.17, 15) is 9.18 Å². The summed E-state index contributed by atoms with van der Waals surface area (Å²) in [6.45, 7) is 4.50. The van der Waals surface area contributed by atoms with E-state index in [2.05, 4.69) is 10.6 Å². The van der Waals surface area contributed by atoms with E-state index in [0.29, 0.717) is 17.3 Å². The molecule has 0 saturated heterocycles. The van der Waals surface area contributed by atoms with E-state index < -0.39 is 0 Å². The molecular formula is C17H18ClFN2O. The van der Waals surface area contributed by atoms with Gasteiger partial charge in [-0.3, -0.25) is 4.79 Å². The molecule has 0 heterocycles. The van der Waals surface area contributed by atoms with Gasteiger partial charge in [0, 0.05) is 6.54 Å². The second-order valence-corrected chi connectivity index (χ2v) is 5.62. The maximum atomic E-state index is 12.8. The molecule has 0 aliphatic rings. The first-order valence-corrected chi connectivity index (χ1v) is 7.35. The van der Waals surface area contributed by atoms with E-state index in [4.69, 9.17) is 11.6 Å². The molecule has 0 spiro atoms. The number of hydrogen-bond donors (Lipinski definition) is 2. The molecular weight excluding hydrogens is 303 g/mol. The molecule has 0 aliphatic heterocycles. The molecule has 0 bridgehead atoms. The van der Waals surface area contributed by atoms with Crippen LogP contribution in [0.25, 0.3) is 0 Å². The van der Waals surface area contributed by atoms with Crippen molar-refractivity contribution < 1.29 is 9.18 Å². The average molecular weight is 321 g/mol. The first-order valence-electron chi connectivity index (χ1n) is 6.97. The lowest BCUT2D eigenvalue weighted by Gasteiger charge is -2.12. The number of carbonyl (C=O) groups excluding carboxylic acids is 1. The largest absolute Gasteiger partial charge is 0.323 e. The van der Waals surface area contributed by atoms with Crippen LogP contribution in [0.4, 0.5) is 10.1 Å². The monoisotopic (exact) mass is 320 g/mol. The van der Waals surface area contributed by atoms with Gasteiger partial charge in [-0.1, -0.05) is 29.8 Å². The molecule has 0 radical (unpaired) electrons. The Balaban J connectivity index is 1.87. The van der Waals surface area contributed by atoms with Crippen molar-refractivity contribution in [1.29, 1.82) is 0 Å². The standard InChI is InChI=1S/C17H18ClFN2O/c1-11-7-12(2)17(15(18)8-11)21-16(22)10-20-9-13-3-5-14(19)6-4-13/h3-8,20H,9-10H2,1-2H3,(H,21,22). The molecule has 0 atom stereocenters. The fraction of sp³-hybridized carbons (Fsp3) is 0.235. The predicted molar refractivity (Wildman–Crippen MR) is 87.7 cm³/mol. The summed E-state index contributed by atoms with van der Waals surface area (Å²) in [5, 5.41) is 6.35. The molecule has 2 rings (SSSR count). The molecule has 0 saturated carbocycles. The number of aryl methyl sites for hydroxylation is 2. The van der Waals surface area contributed by atoms with E-state index in [1.807, 2.05) is 26.0 Å². The van der Waals surface area contributed by atoms with Gasteiger partial charge in [-0.2, -0.15) is 0 Å². The van der Waals surface area contributed by atoms with E-state index in [0.717, 1.165) is 16.7 Å². The second kappa shape index (κ2) is 7.38. The van der Waals surface area contributed by atoms with Crippen molar-refractivity contribution in [2.45, 2.75) is 20.4 Å². The van der Waals surface area contributed by atoms with Gasteiger partial charge in [0.05, 0.1) is 17.3 Å². The third-order valence-electron chi connectivity index (χ3n) is 3.22. The van der Waals surface area contributed by atoms with E-state index in [1.54, 1.807) is 12.1 Å². The summed E-state index contributed by atoms with van der Waals surface area (Å²) in [6.07, 6.45) is 0. The fourth-order valence-corrected chi connectivity index (χ4v) is 2.55. The first-order chi connectivity index (χ1) is 10.5. The Morgan fingerprint density at radius 1 is 1.18 bits per heavy atom. The lowest BCUT2D eigenvalue weighted by Crippen LogP contribution is -2.28. The Labute approximate surface area is 134 Å². The molecule has 0 unspecified atom stereocenters. The van der Waals surface area contributed by atoms with Crippen LogP contribution in [0.5, 0.6) is 0 Å². The minimum atomic E-state index is -0.272. The lowest BCUT2D eigenvalue weighted by atomic mass is 10.1. The second-order valence-electron chi connectivity index (χ2n) is 5.22. The summed E-state index contributed by atoms with van der Waals surface area (Å²) in [7, 11) is 0. The van der Waals surface area contributed by atoms with Crippen LogP contribution in [0.3, 0.4) is 0 Å². The number of benzene rings is 2. The Morgan fingerprint density at radius 2 is 1.86 bits per heavy atom. The van der Waals surface area contributed by atoms with Gasteiger partial charge in [0.25, 0.3) is 0 Å². The molecule has 116 valence electrons. The zero-order chi connectivity index (χ0) is 16.1. The number of rotatable bonds is 5. The summed E-state index contributed by atoms with van der Waals surface area (Å²) < 4.78 is 12.8. The van der Waals surface area contributed by atoms with Crippen LogP contribution in [-0.2, 0) is 11.3 Å². The fourth-order valence-electron chi connectivity index (χ4n) is 2.18. The number of halogens is 2. The topological polar surface area (TPSA) is 41.1 Å². The molecule has 2 aromatic carbocycles. The number of hydrogen-bond acceptors (Lipinski definition) is 2. The van der Waals surface area contributed by atoms with Gasteiger partial charge >= 0.3 is 0 Å². The van der Waals surface area contributed by atoms with E-state index >= 15 is 0 Å². The first kappa shape index (κ1) is 16.5. The van der Waals surface area contributed by atoms with Crippen molar-refractivity contribution in [3.8, 4) is 0 Å². The van der Waals surface area contributed by atoms with Gasteiger partial charge in [0.15, 0.2) is 0 Å². The third kappa shape index (κ3) is 4.55. The Bertz CT molecular complexity index is 648. The van der Waals surface area contributed by atoms with Crippen molar-refractivity contribution in [2.75, 3.05) is 11.9 Å². The van der Waals surface area contributed by atoms with Crippen LogP contribution in [0.2, 0.25) is 5.02 Å². The van der Waals surface area contributed by atoms with Crippen LogP contribution >= 0.6 is 11.6 Å². The molecule has 22 heavy (non-hydrogen) atoms. The van der Waals surface area contributed by atoms with Gasteiger partial charge in [0.2, 0.25) is 5.91 Å². The van der Waals surface area contributed by atoms with Crippen molar-refractivity contribution in [2.24, 2.45) is 0 Å². The van der Waals surface area contributed by atoms with Gasteiger partial charge in [-0.15, -0.1) is 0 Å². The van der Waals surface area contributed by atoms with E-state index in [1.165, 1.54) is 12.1 Å². The minimum absolute atomic E-state index is 0.154. The number of carbonyl (C=O) groups is 1. The van der Waals surface area contributed by atoms with Gasteiger partial charge in [0.1, 0.15) is 5.82 Å². The van der Waals surface area contributed by atoms with Crippen molar-refractivity contribution in [3.63, 3.8) is 0 Å². The third-order valence-corrected chi connectivity index (χ3v) is 3.52. The highest BCUT2D eigenvalue weighted by molar-refractivity contribution is 6.34. The maximum absolute atomic E-state index is 12.8. The van der Waals surface area contributed by atoms with Crippen LogP contribution in [-0.4, -0.2) is 12.5 Å². The lowest BCUT2D eigenvalue weighted by molar-refractivity contribution is -0.115. The van der Waals surface area contributed by atoms with Crippen LogP contribution < -0.4 is 10.6 Å². The zero-order valence-corrected chi connectivity index (χ0v) is 13.3. The molecule has 1 amide bonds. The maximum Gasteiger partial charge on any atom is 0.238 e. The molecule has 3 nitrogen and oxygen atoms in total. The summed E-state index contributed by atoms with van der Waals surface area (Å²) in [6, 6.07) is 9.94. The van der Waals surface area contributed by atoms with Crippen molar-refractivity contribution in [3.05, 3.63) is 63.9 Å². The number of anilines is 1. The number of amides is 1. The Kier molecular flexibility index (Phi) is 5.52. The molecule has 5 heteroatoms. The zero-order valence-electron chi connectivity index (χ0n) is 12.5. The normalized spacial score (nSPS) is 10.5. The predicted octanol–water partition coefficient (Wildman–Crippen LogP) is 3.82. The quantitative estimate of drug-likeness (QED) is 0.879.